The zero-order valence-electron chi connectivity index (χ0n) is 11.0. The van der Waals surface area contributed by atoms with E-state index in [0.29, 0.717) is 5.56 Å². The van der Waals surface area contributed by atoms with Gasteiger partial charge in [0.2, 0.25) is 0 Å². The Morgan fingerprint density at radius 2 is 1.76 bits per heavy atom. The van der Waals surface area contributed by atoms with E-state index in [9.17, 15) is 18.0 Å². The van der Waals surface area contributed by atoms with E-state index in [1.54, 1.807) is 18.2 Å². The lowest BCUT2D eigenvalue weighted by Crippen LogP contribution is -2.31. The van der Waals surface area contributed by atoms with Crippen LogP contribution in [0.1, 0.15) is 20.7 Å². The molecule has 0 aliphatic rings. The summed E-state index contributed by atoms with van der Waals surface area (Å²) in [5, 5.41) is 3.47. The molecule has 1 heterocycles. The lowest BCUT2D eigenvalue weighted by atomic mass is 10.2. The van der Waals surface area contributed by atoms with Gasteiger partial charge in [-0.25, -0.2) is 8.42 Å². The average Bonchev–Trinajstić information content (AvgIpc) is 2.81. The smallest absolute Gasteiger partial charge is 0.262 e. The number of carbonyl (C=O) groups excluding carboxylic acids is 2. The maximum atomic E-state index is 12.1. The number of imide groups is 1. The Bertz CT molecular complexity index is 795. The second kappa shape index (κ2) is 5.66. The fourth-order valence-electron chi connectivity index (χ4n) is 1.68. The highest BCUT2D eigenvalue weighted by atomic mass is 32.2. The molecule has 2 aromatic rings. The van der Waals surface area contributed by atoms with Crippen molar-refractivity contribution in [3.05, 3.63) is 46.8 Å². The molecule has 0 fully saturated rings. The summed E-state index contributed by atoms with van der Waals surface area (Å²) in [4.78, 5) is 23.8. The molecule has 6 nitrogen and oxygen atoms in total. The van der Waals surface area contributed by atoms with Crippen molar-refractivity contribution in [3.63, 3.8) is 0 Å². The molecular formula is C13H12N2O4S2. The molecule has 0 unspecified atom stereocenters. The van der Waals surface area contributed by atoms with Gasteiger partial charge in [0.25, 0.3) is 11.8 Å². The Morgan fingerprint density at radius 1 is 1.14 bits per heavy atom. The van der Waals surface area contributed by atoms with E-state index < -0.39 is 21.7 Å². The number of rotatable bonds is 3. The van der Waals surface area contributed by atoms with Crippen LogP contribution in [0.25, 0.3) is 0 Å². The van der Waals surface area contributed by atoms with E-state index in [2.05, 4.69) is 5.32 Å². The molecule has 2 amide bonds. The molecule has 110 valence electrons. The molecule has 0 saturated carbocycles. The molecule has 2 rings (SSSR count). The second-order valence-electron chi connectivity index (χ2n) is 4.26. The second-order valence-corrected chi connectivity index (χ2v) is 7.16. The van der Waals surface area contributed by atoms with Crippen molar-refractivity contribution in [1.82, 2.24) is 5.32 Å². The summed E-state index contributed by atoms with van der Waals surface area (Å²) in [5.41, 5.74) is 5.74. The van der Waals surface area contributed by atoms with Crippen LogP contribution in [-0.4, -0.2) is 26.5 Å². The van der Waals surface area contributed by atoms with Gasteiger partial charge in [-0.2, -0.15) is 0 Å². The van der Waals surface area contributed by atoms with Crippen molar-refractivity contribution < 1.29 is 18.0 Å². The predicted octanol–water partition coefficient (Wildman–Crippen LogP) is 1.30. The van der Waals surface area contributed by atoms with Crippen LogP contribution in [0.5, 0.6) is 0 Å². The molecule has 1 aromatic heterocycles. The molecule has 0 atom stereocenters. The summed E-state index contributed by atoms with van der Waals surface area (Å²) in [6.07, 6.45) is 0.976. The first-order chi connectivity index (χ1) is 9.80. The SMILES string of the molecule is CS(=O)(=O)c1csc(N)c1C(=O)NC(=O)c1ccccc1. The van der Waals surface area contributed by atoms with Gasteiger partial charge >= 0.3 is 0 Å². The first-order valence-electron chi connectivity index (χ1n) is 5.78. The Hall–Kier alpha value is -2.19. The van der Waals surface area contributed by atoms with Crippen molar-refractivity contribution in [3.8, 4) is 0 Å². The van der Waals surface area contributed by atoms with E-state index in [4.69, 9.17) is 5.73 Å². The molecule has 0 saturated heterocycles. The van der Waals surface area contributed by atoms with Gasteiger partial charge in [0.15, 0.2) is 9.84 Å². The number of nitrogens with two attached hydrogens (primary N) is 1. The number of nitrogen functional groups attached to an aromatic ring is 1. The number of hydrogen-bond acceptors (Lipinski definition) is 6. The monoisotopic (exact) mass is 324 g/mol. The number of thiophene rings is 1. The molecule has 21 heavy (non-hydrogen) atoms. The molecular weight excluding hydrogens is 312 g/mol. The largest absolute Gasteiger partial charge is 0.390 e. The van der Waals surface area contributed by atoms with Crippen LogP contribution >= 0.6 is 11.3 Å². The Labute approximate surface area is 125 Å². The summed E-state index contributed by atoms with van der Waals surface area (Å²) in [7, 11) is -3.60. The molecule has 1 aromatic carbocycles. The van der Waals surface area contributed by atoms with Gasteiger partial charge in [0, 0.05) is 17.2 Å². The summed E-state index contributed by atoms with van der Waals surface area (Å²) in [6.45, 7) is 0. The molecule has 3 N–H and O–H groups in total. The Balaban J connectivity index is 2.30. The molecule has 0 bridgehead atoms. The van der Waals surface area contributed by atoms with Crippen LogP contribution in [0.2, 0.25) is 0 Å². The van der Waals surface area contributed by atoms with Gasteiger partial charge in [-0.05, 0) is 12.1 Å². The average molecular weight is 324 g/mol. The highest BCUT2D eigenvalue weighted by molar-refractivity contribution is 7.91. The number of anilines is 1. The lowest BCUT2D eigenvalue weighted by Gasteiger charge is -2.05. The maximum absolute atomic E-state index is 12.1. The van der Waals surface area contributed by atoms with E-state index >= 15 is 0 Å². The summed E-state index contributed by atoms with van der Waals surface area (Å²) >= 11 is 0.936. The molecule has 0 spiro atoms. The van der Waals surface area contributed by atoms with Crippen LogP contribution < -0.4 is 11.1 Å². The molecule has 0 aliphatic carbocycles. The number of hydrogen-bond donors (Lipinski definition) is 2. The highest BCUT2D eigenvalue weighted by Gasteiger charge is 2.25. The zero-order valence-corrected chi connectivity index (χ0v) is 12.6. The minimum absolute atomic E-state index is 0.0498. The highest BCUT2D eigenvalue weighted by Crippen LogP contribution is 2.28. The van der Waals surface area contributed by atoms with Gasteiger partial charge in [0.05, 0.1) is 15.5 Å². The third-order valence-electron chi connectivity index (χ3n) is 2.68. The van der Waals surface area contributed by atoms with Crippen LogP contribution in [0.4, 0.5) is 5.00 Å². The lowest BCUT2D eigenvalue weighted by molar-refractivity contribution is 0.0848. The van der Waals surface area contributed by atoms with Gasteiger partial charge < -0.3 is 5.73 Å². The molecule has 0 radical (unpaired) electrons. The minimum Gasteiger partial charge on any atom is -0.390 e. The summed E-state index contributed by atoms with van der Waals surface area (Å²) in [6, 6.07) is 8.12. The van der Waals surface area contributed by atoms with Crippen molar-refractivity contribution in [2.75, 3.05) is 12.0 Å². The van der Waals surface area contributed by atoms with Gasteiger partial charge in [-0.1, -0.05) is 18.2 Å². The predicted molar refractivity (Wildman–Crippen MR) is 80.1 cm³/mol. The van der Waals surface area contributed by atoms with Crippen LogP contribution in [0.15, 0.2) is 40.6 Å². The van der Waals surface area contributed by atoms with Gasteiger partial charge in [0.1, 0.15) is 0 Å². The maximum Gasteiger partial charge on any atom is 0.262 e. The van der Waals surface area contributed by atoms with Gasteiger partial charge in [-0.3, -0.25) is 14.9 Å². The van der Waals surface area contributed by atoms with Crippen LogP contribution in [0.3, 0.4) is 0 Å². The number of amides is 2. The molecule has 0 aliphatic heterocycles. The Morgan fingerprint density at radius 3 is 2.33 bits per heavy atom. The number of nitrogens with one attached hydrogen (secondary N) is 1. The van der Waals surface area contributed by atoms with Crippen LogP contribution in [0, 0.1) is 0 Å². The number of benzene rings is 1. The number of sulfone groups is 1. The Kier molecular flexibility index (Phi) is 4.10. The standard InChI is InChI=1S/C13H12N2O4S2/c1-21(18,19)9-7-20-11(14)10(9)13(17)15-12(16)8-5-3-2-4-6-8/h2-7H,14H2,1H3,(H,15,16,17). The summed E-state index contributed by atoms with van der Waals surface area (Å²) < 4.78 is 23.2. The van der Waals surface area contributed by atoms with E-state index in [1.807, 2.05) is 0 Å². The van der Waals surface area contributed by atoms with Crippen molar-refractivity contribution >= 4 is 38.0 Å². The summed E-state index contributed by atoms with van der Waals surface area (Å²) in [5.74, 6) is -1.45. The fourth-order valence-corrected chi connectivity index (χ4v) is 3.83. The minimum atomic E-state index is -3.60. The zero-order chi connectivity index (χ0) is 15.6. The normalized spacial score (nSPS) is 11.1. The third kappa shape index (κ3) is 3.29. The van der Waals surface area contributed by atoms with Crippen molar-refractivity contribution in [2.45, 2.75) is 4.90 Å². The molecule has 8 heteroatoms. The van der Waals surface area contributed by atoms with Crippen molar-refractivity contribution in [1.29, 1.82) is 0 Å². The van der Waals surface area contributed by atoms with E-state index in [-0.39, 0.29) is 15.5 Å². The van der Waals surface area contributed by atoms with Crippen LogP contribution in [-0.2, 0) is 9.84 Å². The fraction of sp³-hybridized carbons (Fsp3) is 0.0769. The van der Waals surface area contributed by atoms with Crippen molar-refractivity contribution in [2.24, 2.45) is 0 Å². The van der Waals surface area contributed by atoms with E-state index in [0.717, 1.165) is 17.6 Å². The quantitative estimate of drug-likeness (QED) is 0.828. The first kappa shape index (κ1) is 15.2. The number of carbonyl (C=O) groups is 2. The third-order valence-corrected chi connectivity index (χ3v) is 4.76. The van der Waals surface area contributed by atoms with E-state index in [1.165, 1.54) is 17.5 Å². The van der Waals surface area contributed by atoms with Gasteiger partial charge in [-0.15, -0.1) is 11.3 Å². The topological polar surface area (TPSA) is 106 Å². The first-order valence-corrected chi connectivity index (χ1v) is 8.55.